The van der Waals surface area contributed by atoms with Crippen molar-refractivity contribution < 1.29 is 29.0 Å². The summed E-state index contributed by atoms with van der Waals surface area (Å²) >= 11 is 0. The van der Waals surface area contributed by atoms with Crippen molar-refractivity contribution in [2.24, 2.45) is 11.8 Å². The first-order valence-corrected chi connectivity index (χ1v) is 13.2. The third-order valence-corrected chi connectivity index (χ3v) is 7.99. The third kappa shape index (κ3) is 4.84. The lowest BCUT2D eigenvalue weighted by Crippen LogP contribution is -2.58. The molecule has 2 bridgehead atoms. The summed E-state index contributed by atoms with van der Waals surface area (Å²) in [6, 6.07) is 8.14. The van der Waals surface area contributed by atoms with Crippen LogP contribution in [0.15, 0.2) is 55.6 Å². The van der Waals surface area contributed by atoms with Gasteiger partial charge >= 0.3 is 5.97 Å². The molecule has 3 saturated heterocycles. The molecule has 0 aromatic heterocycles. The van der Waals surface area contributed by atoms with Gasteiger partial charge in [-0.1, -0.05) is 49.4 Å². The summed E-state index contributed by atoms with van der Waals surface area (Å²) < 4.78 is 12.0. The van der Waals surface area contributed by atoms with Gasteiger partial charge in [-0.15, -0.1) is 13.2 Å². The van der Waals surface area contributed by atoms with Crippen LogP contribution >= 0.6 is 0 Å². The van der Waals surface area contributed by atoms with Gasteiger partial charge in [0.15, 0.2) is 0 Å². The fourth-order valence-electron chi connectivity index (χ4n) is 6.31. The number of rotatable bonds is 13. The topological polar surface area (TPSA) is 96.4 Å². The van der Waals surface area contributed by atoms with Crippen molar-refractivity contribution in [2.45, 2.75) is 69.4 Å². The largest absolute Gasteiger partial charge is 0.465 e. The normalized spacial score (nSPS) is 28.6. The van der Waals surface area contributed by atoms with E-state index in [1.165, 1.54) is 4.90 Å². The second-order valence-corrected chi connectivity index (χ2v) is 10.1. The van der Waals surface area contributed by atoms with E-state index < -0.39 is 41.6 Å². The summed E-state index contributed by atoms with van der Waals surface area (Å²) in [4.78, 5) is 44.6. The van der Waals surface area contributed by atoms with Crippen molar-refractivity contribution in [1.29, 1.82) is 0 Å². The maximum Gasteiger partial charge on any atom is 0.312 e. The number of hydrogen-bond acceptors (Lipinski definition) is 6. The smallest absolute Gasteiger partial charge is 0.312 e. The lowest BCUT2D eigenvalue weighted by atomic mass is 9.70. The van der Waals surface area contributed by atoms with Crippen molar-refractivity contribution in [3.63, 3.8) is 0 Å². The van der Waals surface area contributed by atoms with Gasteiger partial charge in [0.05, 0.1) is 37.2 Å². The molecule has 1 spiro atoms. The number of esters is 1. The summed E-state index contributed by atoms with van der Waals surface area (Å²) in [6.45, 7) is 9.98. The van der Waals surface area contributed by atoms with Crippen LogP contribution in [0, 0.1) is 11.8 Å². The Morgan fingerprint density at radius 3 is 2.70 bits per heavy atom. The fourth-order valence-corrected chi connectivity index (χ4v) is 6.31. The monoisotopic (exact) mass is 510 g/mol. The molecular formula is C29H38N2O6. The molecule has 200 valence electrons. The van der Waals surface area contributed by atoms with E-state index >= 15 is 0 Å². The molecule has 37 heavy (non-hydrogen) atoms. The van der Waals surface area contributed by atoms with E-state index in [9.17, 15) is 19.5 Å². The number of unbranched alkanes of at least 4 members (excludes halogenated alkanes) is 1. The van der Waals surface area contributed by atoms with Gasteiger partial charge in [0.25, 0.3) is 0 Å². The standard InChI is InChI=1S/C29H38N2O6/c1-4-7-11-17-36-28(35)23-22-14-15-29(37-22)24(23)26(33)31(21(6-3)19-32)25(29)27(34)30(16-5-2)18-20-12-9-8-10-13-20/h4-5,8-10,12-13,21-25,32H,1-2,6-7,11,14-19H2,3H3/t21-,22-,23+,24-,25?,29?/m0/s1. The van der Waals surface area contributed by atoms with E-state index in [4.69, 9.17) is 9.47 Å². The Kier molecular flexibility index (Phi) is 8.49. The van der Waals surface area contributed by atoms with Gasteiger partial charge in [0.2, 0.25) is 11.8 Å². The van der Waals surface area contributed by atoms with Crippen LogP contribution in [0.4, 0.5) is 0 Å². The number of aliphatic hydroxyl groups is 1. The fraction of sp³-hybridized carbons (Fsp3) is 0.552. The number of aliphatic hydroxyl groups excluding tert-OH is 1. The van der Waals surface area contributed by atoms with Gasteiger partial charge in [-0.2, -0.15) is 0 Å². The number of benzene rings is 1. The van der Waals surface area contributed by atoms with Crippen molar-refractivity contribution in [2.75, 3.05) is 19.8 Å². The lowest BCUT2D eigenvalue weighted by Gasteiger charge is -2.39. The maximum atomic E-state index is 14.3. The van der Waals surface area contributed by atoms with E-state index in [0.717, 1.165) is 12.0 Å². The summed E-state index contributed by atoms with van der Waals surface area (Å²) in [7, 11) is 0. The Morgan fingerprint density at radius 1 is 1.30 bits per heavy atom. The number of carbonyl (C=O) groups is 3. The highest BCUT2D eigenvalue weighted by Gasteiger charge is 2.75. The molecule has 4 rings (SSSR count). The van der Waals surface area contributed by atoms with Crippen molar-refractivity contribution in [3.8, 4) is 0 Å². The molecule has 6 atom stereocenters. The molecule has 3 aliphatic rings. The Balaban J connectivity index is 1.68. The van der Waals surface area contributed by atoms with Crippen LogP contribution in [0.5, 0.6) is 0 Å². The van der Waals surface area contributed by atoms with Gasteiger partial charge in [0, 0.05) is 13.1 Å². The van der Waals surface area contributed by atoms with Crippen molar-refractivity contribution in [1.82, 2.24) is 9.80 Å². The van der Waals surface area contributed by atoms with Crippen molar-refractivity contribution in [3.05, 3.63) is 61.2 Å². The van der Waals surface area contributed by atoms with Crippen LogP contribution in [0.1, 0.15) is 44.6 Å². The van der Waals surface area contributed by atoms with Crippen molar-refractivity contribution >= 4 is 17.8 Å². The van der Waals surface area contributed by atoms with Crippen LogP contribution in [-0.4, -0.2) is 76.2 Å². The summed E-state index contributed by atoms with van der Waals surface area (Å²) in [5.74, 6) is -2.59. The number of nitrogens with zero attached hydrogens (tertiary/aromatic N) is 2. The highest BCUT2D eigenvalue weighted by Crippen LogP contribution is 2.59. The molecule has 1 aromatic rings. The van der Waals surface area contributed by atoms with Crippen LogP contribution in [-0.2, 0) is 30.4 Å². The first-order valence-electron chi connectivity index (χ1n) is 13.2. The molecule has 0 radical (unpaired) electrons. The number of hydrogen-bond donors (Lipinski definition) is 1. The Bertz CT molecular complexity index is 1010. The lowest BCUT2D eigenvalue weighted by molar-refractivity contribution is -0.156. The number of amides is 2. The number of carbonyl (C=O) groups excluding carboxylic acids is 3. The van der Waals surface area contributed by atoms with Gasteiger partial charge in [-0.05, 0) is 37.7 Å². The predicted octanol–water partition coefficient (Wildman–Crippen LogP) is 2.86. The van der Waals surface area contributed by atoms with E-state index in [1.807, 2.05) is 37.3 Å². The van der Waals surface area contributed by atoms with E-state index in [2.05, 4.69) is 13.2 Å². The van der Waals surface area contributed by atoms with Gasteiger partial charge in [-0.25, -0.2) is 0 Å². The van der Waals surface area contributed by atoms with Crippen LogP contribution in [0.2, 0.25) is 0 Å². The van der Waals surface area contributed by atoms with E-state index in [-0.39, 0.29) is 25.0 Å². The molecule has 8 heteroatoms. The van der Waals surface area contributed by atoms with Gasteiger partial charge < -0.3 is 24.4 Å². The molecule has 0 aliphatic carbocycles. The van der Waals surface area contributed by atoms with Gasteiger partial charge in [-0.3, -0.25) is 14.4 Å². The molecule has 3 heterocycles. The first kappa shape index (κ1) is 27.1. The average molecular weight is 511 g/mol. The average Bonchev–Trinajstić information content (AvgIpc) is 3.55. The van der Waals surface area contributed by atoms with Crippen LogP contribution in [0.3, 0.4) is 0 Å². The first-order chi connectivity index (χ1) is 17.9. The minimum Gasteiger partial charge on any atom is -0.465 e. The zero-order chi connectivity index (χ0) is 26.6. The quantitative estimate of drug-likeness (QED) is 0.249. The van der Waals surface area contributed by atoms with Crippen LogP contribution < -0.4 is 0 Å². The number of fused-ring (bicyclic) bond motifs is 1. The SMILES string of the molecule is C=CCCCOC(=O)[C@@H]1[C@@H]2CCC3(O2)C(C(=O)N(CC=C)Cc2ccccc2)N([C@@H](CC)CO)C(=O)[C@H]13. The number of allylic oxidation sites excluding steroid dienone is 1. The number of likely N-dealkylation sites (tertiary alicyclic amines) is 1. The summed E-state index contributed by atoms with van der Waals surface area (Å²) in [5.41, 5.74) is -0.169. The minimum atomic E-state index is -1.12. The second kappa shape index (κ2) is 11.6. The molecule has 1 N–H and O–H groups in total. The Hall–Kier alpha value is -2.97. The van der Waals surface area contributed by atoms with Crippen LogP contribution in [0.25, 0.3) is 0 Å². The number of ether oxygens (including phenoxy) is 2. The molecular weight excluding hydrogens is 472 g/mol. The van der Waals surface area contributed by atoms with E-state index in [0.29, 0.717) is 38.8 Å². The zero-order valence-corrected chi connectivity index (χ0v) is 21.6. The second-order valence-electron chi connectivity index (χ2n) is 10.1. The highest BCUT2D eigenvalue weighted by atomic mass is 16.6. The van der Waals surface area contributed by atoms with E-state index in [1.54, 1.807) is 17.1 Å². The molecule has 1 aromatic carbocycles. The summed E-state index contributed by atoms with van der Waals surface area (Å²) in [5, 5.41) is 10.2. The van der Waals surface area contributed by atoms with Gasteiger partial charge in [0.1, 0.15) is 11.6 Å². The molecule has 0 saturated carbocycles. The molecule has 2 unspecified atom stereocenters. The highest BCUT2D eigenvalue weighted by molar-refractivity contribution is 5.98. The minimum absolute atomic E-state index is 0.243. The zero-order valence-electron chi connectivity index (χ0n) is 21.6. The molecule has 3 fully saturated rings. The predicted molar refractivity (Wildman–Crippen MR) is 138 cm³/mol. The molecule has 8 nitrogen and oxygen atoms in total. The summed E-state index contributed by atoms with van der Waals surface area (Å²) in [6.07, 6.45) is 5.88. The Labute approximate surface area is 218 Å². The third-order valence-electron chi connectivity index (χ3n) is 7.99. The molecule has 3 aliphatic heterocycles. The Morgan fingerprint density at radius 2 is 2.05 bits per heavy atom. The molecule has 2 amide bonds. The maximum absolute atomic E-state index is 14.3.